The van der Waals surface area contributed by atoms with E-state index >= 15 is 0 Å². The van der Waals surface area contributed by atoms with Crippen molar-refractivity contribution >= 4 is 29.7 Å². The molecule has 0 fully saturated rings. The largest absolute Gasteiger partial charge is 0.481 e. The van der Waals surface area contributed by atoms with Crippen LogP contribution in [0.2, 0.25) is 0 Å². The highest BCUT2D eigenvalue weighted by Gasteiger charge is 2.28. The van der Waals surface area contributed by atoms with Gasteiger partial charge in [-0.05, 0) is 38.6 Å². The Morgan fingerprint density at radius 2 is 1.43 bits per heavy atom. The van der Waals surface area contributed by atoms with E-state index in [1.165, 1.54) is 0 Å². The Morgan fingerprint density at radius 1 is 0.821 bits per heavy atom. The Balaban J connectivity index is 5.00. The maximum Gasteiger partial charge on any atom is 0.326 e. The second-order valence-electron chi connectivity index (χ2n) is 6.29. The number of carbonyl (C=O) groups is 5. The van der Waals surface area contributed by atoms with Gasteiger partial charge in [0.15, 0.2) is 0 Å². The van der Waals surface area contributed by atoms with E-state index < -0.39 is 54.2 Å². The van der Waals surface area contributed by atoms with Gasteiger partial charge in [0.2, 0.25) is 17.7 Å². The van der Waals surface area contributed by atoms with Crippen molar-refractivity contribution in [1.29, 1.82) is 0 Å². The third-order valence-electron chi connectivity index (χ3n) is 3.88. The standard InChI is InChI=1S/C16H29N5O7/c17-8-2-1-3-10(20-14(25)9(18)4-6-12(19)22)15(26)21-11(16(27)28)5-7-13(23)24/h9-11H,1-8,17-18H2,(H2,19,22)(H,20,25)(H,21,26)(H,23,24)(H,27,28). The van der Waals surface area contributed by atoms with Crippen LogP contribution in [0.1, 0.15) is 44.9 Å². The lowest BCUT2D eigenvalue weighted by Gasteiger charge is -2.22. The smallest absolute Gasteiger partial charge is 0.326 e. The maximum absolute atomic E-state index is 12.4. The SMILES string of the molecule is NCCCCC(NC(=O)C(N)CCC(N)=O)C(=O)NC(CCC(=O)O)C(=O)O. The molecule has 3 unspecified atom stereocenters. The summed E-state index contributed by atoms with van der Waals surface area (Å²) in [7, 11) is 0. The van der Waals surface area contributed by atoms with Gasteiger partial charge in [-0.2, -0.15) is 0 Å². The van der Waals surface area contributed by atoms with Gasteiger partial charge in [0.1, 0.15) is 12.1 Å². The summed E-state index contributed by atoms with van der Waals surface area (Å²) in [5.74, 6) is -4.67. The highest BCUT2D eigenvalue weighted by molar-refractivity contribution is 5.92. The van der Waals surface area contributed by atoms with Gasteiger partial charge in [0.05, 0.1) is 6.04 Å². The van der Waals surface area contributed by atoms with E-state index in [0.29, 0.717) is 19.4 Å². The molecule has 0 heterocycles. The molecule has 0 rings (SSSR count). The van der Waals surface area contributed by atoms with E-state index in [1.54, 1.807) is 0 Å². The van der Waals surface area contributed by atoms with Crippen molar-refractivity contribution in [3.05, 3.63) is 0 Å². The molecule has 0 aromatic heterocycles. The van der Waals surface area contributed by atoms with Crippen molar-refractivity contribution in [3.8, 4) is 0 Å². The van der Waals surface area contributed by atoms with Crippen LogP contribution in [0, 0.1) is 0 Å². The topological polar surface area (TPSA) is 228 Å². The quantitative estimate of drug-likeness (QED) is 0.145. The summed E-state index contributed by atoms with van der Waals surface area (Å²) in [5.41, 5.74) is 16.1. The third kappa shape index (κ3) is 11.1. The van der Waals surface area contributed by atoms with Gasteiger partial charge in [-0.15, -0.1) is 0 Å². The van der Waals surface area contributed by atoms with Gasteiger partial charge in [-0.1, -0.05) is 0 Å². The molecule has 0 bridgehead atoms. The second kappa shape index (κ2) is 13.4. The average Bonchev–Trinajstić information content (AvgIpc) is 2.61. The first kappa shape index (κ1) is 25.3. The van der Waals surface area contributed by atoms with Crippen LogP contribution in [0.3, 0.4) is 0 Å². The molecule has 0 spiro atoms. The molecule has 160 valence electrons. The molecule has 0 aliphatic carbocycles. The molecular weight excluding hydrogens is 374 g/mol. The monoisotopic (exact) mass is 403 g/mol. The van der Waals surface area contributed by atoms with Crippen LogP contribution in [0.5, 0.6) is 0 Å². The summed E-state index contributed by atoms with van der Waals surface area (Å²) in [5, 5.41) is 22.5. The van der Waals surface area contributed by atoms with Crippen molar-refractivity contribution in [3.63, 3.8) is 0 Å². The Kier molecular flexibility index (Phi) is 12.1. The molecule has 0 aliphatic heterocycles. The predicted octanol–water partition coefficient (Wildman–Crippen LogP) is -2.37. The van der Waals surface area contributed by atoms with E-state index in [0.717, 1.165) is 0 Å². The summed E-state index contributed by atoms with van der Waals surface area (Å²) in [4.78, 5) is 57.2. The summed E-state index contributed by atoms with van der Waals surface area (Å²) in [6, 6.07) is -3.56. The summed E-state index contributed by atoms with van der Waals surface area (Å²) >= 11 is 0. The first-order chi connectivity index (χ1) is 13.1. The van der Waals surface area contributed by atoms with Gasteiger partial charge >= 0.3 is 11.9 Å². The number of nitrogens with two attached hydrogens (primary N) is 3. The van der Waals surface area contributed by atoms with Crippen molar-refractivity contribution in [2.24, 2.45) is 17.2 Å². The Hall–Kier alpha value is -2.73. The number of aliphatic carboxylic acids is 2. The molecule has 3 atom stereocenters. The number of rotatable bonds is 15. The minimum atomic E-state index is -1.42. The molecule has 0 saturated heterocycles. The zero-order chi connectivity index (χ0) is 21.7. The van der Waals surface area contributed by atoms with E-state index in [4.69, 9.17) is 27.4 Å². The minimum absolute atomic E-state index is 0.00529. The molecule has 0 saturated carbocycles. The lowest BCUT2D eigenvalue weighted by atomic mass is 10.1. The van der Waals surface area contributed by atoms with Gasteiger partial charge in [-0.3, -0.25) is 19.2 Å². The number of hydrogen-bond acceptors (Lipinski definition) is 7. The van der Waals surface area contributed by atoms with Crippen LogP contribution >= 0.6 is 0 Å². The second-order valence-corrected chi connectivity index (χ2v) is 6.29. The first-order valence-electron chi connectivity index (χ1n) is 8.87. The van der Waals surface area contributed by atoms with Gasteiger partial charge in [0, 0.05) is 12.8 Å². The number of hydrogen-bond donors (Lipinski definition) is 7. The number of unbranched alkanes of at least 4 members (excludes halogenated alkanes) is 1. The summed E-state index contributed by atoms with van der Waals surface area (Å²) < 4.78 is 0. The molecule has 0 aromatic rings. The Morgan fingerprint density at radius 3 is 1.93 bits per heavy atom. The third-order valence-corrected chi connectivity index (χ3v) is 3.88. The van der Waals surface area contributed by atoms with Crippen molar-refractivity contribution < 1.29 is 34.2 Å². The zero-order valence-corrected chi connectivity index (χ0v) is 15.6. The fraction of sp³-hybridized carbons (Fsp3) is 0.688. The maximum atomic E-state index is 12.4. The highest BCUT2D eigenvalue weighted by Crippen LogP contribution is 2.05. The fourth-order valence-electron chi connectivity index (χ4n) is 2.27. The van der Waals surface area contributed by atoms with Gasteiger partial charge in [0.25, 0.3) is 0 Å². The molecular formula is C16H29N5O7. The van der Waals surface area contributed by atoms with Crippen LogP contribution in [0.25, 0.3) is 0 Å². The molecule has 0 radical (unpaired) electrons. The number of carbonyl (C=O) groups excluding carboxylic acids is 3. The van der Waals surface area contributed by atoms with Crippen LogP contribution in [0.4, 0.5) is 0 Å². The molecule has 3 amide bonds. The minimum Gasteiger partial charge on any atom is -0.481 e. The van der Waals surface area contributed by atoms with E-state index in [1.807, 2.05) is 0 Å². The van der Waals surface area contributed by atoms with Crippen molar-refractivity contribution in [1.82, 2.24) is 10.6 Å². The number of carboxylic acids is 2. The summed E-state index contributed by atoms with van der Waals surface area (Å²) in [6.07, 6.45) is 0.386. The van der Waals surface area contributed by atoms with Crippen LogP contribution < -0.4 is 27.8 Å². The van der Waals surface area contributed by atoms with Crippen LogP contribution in [0.15, 0.2) is 0 Å². The molecule has 28 heavy (non-hydrogen) atoms. The predicted molar refractivity (Wildman–Crippen MR) is 97.7 cm³/mol. The van der Waals surface area contributed by atoms with Crippen LogP contribution in [-0.4, -0.2) is 64.5 Å². The average molecular weight is 403 g/mol. The normalized spacial score (nSPS) is 13.8. The Bertz CT molecular complexity index is 570. The van der Waals surface area contributed by atoms with Crippen molar-refractivity contribution in [2.75, 3.05) is 6.54 Å². The molecule has 0 aliphatic rings. The fourth-order valence-corrected chi connectivity index (χ4v) is 2.27. The molecule has 0 aromatic carbocycles. The van der Waals surface area contributed by atoms with Crippen LogP contribution in [-0.2, 0) is 24.0 Å². The molecule has 12 nitrogen and oxygen atoms in total. The summed E-state index contributed by atoms with van der Waals surface area (Å²) in [6.45, 7) is 0.372. The van der Waals surface area contributed by atoms with E-state index in [9.17, 15) is 24.0 Å². The zero-order valence-electron chi connectivity index (χ0n) is 15.6. The number of amides is 3. The van der Waals surface area contributed by atoms with Gasteiger partial charge < -0.3 is 38.0 Å². The number of carboxylic acid groups (broad SMARTS) is 2. The van der Waals surface area contributed by atoms with Crippen molar-refractivity contribution in [2.45, 2.75) is 63.1 Å². The molecule has 10 N–H and O–H groups in total. The first-order valence-corrected chi connectivity index (χ1v) is 8.87. The van der Waals surface area contributed by atoms with Gasteiger partial charge in [-0.25, -0.2) is 4.79 Å². The Labute approximate surface area is 162 Å². The lowest BCUT2D eigenvalue weighted by Crippen LogP contribution is -2.54. The van der Waals surface area contributed by atoms with E-state index in [2.05, 4.69) is 10.6 Å². The van der Waals surface area contributed by atoms with E-state index in [-0.39, 0.29) is 25.7 Å². The molecule has 12 heteroatoms. The number of nitrogens with one attached hydrogen (secondary N) is 2. The lowest BCUT2D eigenvalue weighted by molar-refractivity contribution is -0.143. The highest BCUT2D eigenvalue weighted by atomic mass is 16.4. The number of primary amides is 1.